The summed E-state index contributed by atoms with van der Waals surface area (Å²) in [5.74, 6) is -1.44. The molecule has 119 valence electrons. The monoisotopic (exact) mass is 357 g/mol. The minimum atomic E-state index is -0.744. The molecule has 0 amide bonds. The van der Waals surface area contributed by atoms with E-state index in [2.05, 4.69) is 16.1 Å². The van der Waals surface area contributed by atoms with Gasteiger partial charge in [-0.2, -0.15) is 0 Å². The molecule has 0 spiro atoms. The van der Waals surface area contributed by atoms with Crippen LogP contribution in [-0.4, -0.2) is 14.8 Å². The van der Waals surface area contributed by atoms with Gasteiger partial charge in [-0.1, -0.05) is 11.6 Å². The van der Waals surface area contributed by atoms with Crippen molar-refractivity contribution in [2.45, 2.75) is 0 Å². The Hall–Kier alpha value is -2.38. The molecule has 1 radical (unpaired) electrons. The third-order valence-electron chi connectivity index (χ3n) is 2.70. The number of ether oxygens (including phenoxy) is 1. The van der Waals surface area contributed by atoms with Gasteiger partial charge in [-0.05, 0) is 18.2 Å². The fourth-order valence-electron chi connectivity index (χ4n) is 1.75. The van der Waals surface area contributed by atoms with Crippen LogP contribution < -0.4 is 10.5 Å². The van der Waals surface area contributed by atoms with Crippen molar-refractivity contribution >= 4 is 29.8 Å². The van der Waals surface area contributed by atoms with E-state index < -0.39 is 11.6 Å². The van der Waals surface area contributed by atoms with Crippen LogP contribution in [-0.2, 0) is 0 Å². The third kappa shape index (κ3) is 3.69. The summed E-state index contributed by atoms with van der Waals surface area (Å²) in [5, 5.41) is 3.99. The number of aromatic nitrogens is 3. The van der Waals surface area contributed by atoms with E-state index in [9.17, 15) is 8.78 Å². The van der Waals surface area contributed by atoms with Crippen molar-refractivity contribution in [3.63, 3.8) is 0 Å². The van der Waals surface area contributed by atoms with Crippen molar-refractivity contribution in [2.75, 3.05) is 5.73 Å². The van der Waals surface area contributed by atoms with E-state index in [-0.39, 0.29) is 40.6 Å². The smallest absolute Gasteiger partial charge is 0.255 e. The lowest BCUT2D eigenvalue weighted by atomic mass is 10.3. The van der Waals surface area contributed by atoms with Crippen LogP contribution in [0.3, 0.4) is 0 Å². The van der Waals surface area contributed by atoms with Gasteiger partial charge in [0.1, 0.15) is 11.4 Å². The second-order valence-electron chi connectivity index (χ2n) is 4.26. The maximum Gasteiger partial charge on any atom is 0.255 e. The van der Waals surface area contributed by atoms with Gasteiger partial charge < -0.3 is 10.5 Å². The van der Waals surface area contributed by atoms with Crippen LogP contribution >= 0.6 is 24.0 Å². The Bertz CT molecular complexity index is 841. The summed E-state index contributed by atoms with van der Waals surface area (Å²) in [4.78, 5) is 3.70. The molecule has 3 aromatic rings. The molecule has 2 heterocycles. The Morgan fingerprint density at radius 1 is 1.22 bits per heavy atom. The zero-order valence-electron chi connectivity index (χ0n) is 11.3. The quantitative estimate of drug-likeness (QED) is 0.774. The maximum absolute atomic E-state index is 14.1. The van der Waals surface area contributed by atoms with Gasteiger partial charge in [0.15, 0.2) is 17.5 Å². The molecule has 0 fully saturated rings. The first-order chi connectivity index (χ1) is 10.5. The molecule has 0 atom stereocenters. The zero-order valence-corrected chi connectivity index (χ0v) is 12.9. The Labute approximate surface area is 141 Å². The van der Waals surface area contributed by atoms with E-state index in [1.807, 2.05) is 0 Å². The van der Waals surface area contributed by atoms with Crippen molar-refractivity contribution in [3.8, 4) is 17.3 Å². The summed E-state index contributed by atoms with van der Waals surface area (Å²) >= 11 is 5.59. The van der Waals surface area contributed by atoms with Gasteiger partial charge in [0.2, 0.25) is 0 Å². The highest BCUT2D eigenvalue weighted by Gasteiger charge is 2.11. The number of nitrogens with two attached hydrogens (primary N) is 1. The molecule has 0 saturated heterocycles. The number of hydrogen-bond donors (Lipinski definition) is 1. The zero-order chi connectivity index (χ0) is 15.7. The average Bonchev–Trinajstić information content (AvgIpc) is 2.88. The fraction of sp³-hybridized carbons (Fsp3) is 0. The van der Waals surface area contributed by atoms with Gasteiger partial charge in [-0.25, -0.2) is 18.4 Å². The molecule has 0 aliphatic carbocycles. The lowest BCUT2D eigenvalue weighted by Crippen LogP contribution is -2.00. The van der Waals surface area contributed by atoms with Crippen molar-refractivity contribution < 1.29 is 13.5 Å². The molecule has 2 N–H and O–H groups in total. The van der Waals surface area contributed by atoms with Gasteiger partial charge in [-0.15, -0.1) is 17.5 Å². The van der Waals surface area contributed by atoms with Crippen LogP contribution in [0.1, 0.15) is 0 Å². The average molecular weight is 358 g/mol. The van der Waals surface area contributed by atoms with E-state index in [1.54, 1.807) is 0 Å². The van der Waals surface area contributed by atoms with Crippen LogP contribution in [0.5, 0.6) is 11.6 Å². The normalized spacial score (nSPS) is 10.2. The van der Waals surface area contributed by atoms with Crippen LogP contribution in [0, 0.1) is 17.7 Å². The lowest BCUT2D eigenvalue weighted by Gasteiger charge is -2.08. The highest BCUT2D eigenvalue weighted by atomic mass is 35.5. The van der Waals surface area contributed by atoms with Crippen LogP contribution in [0.2, 0.25) is 5.02 Å². The minimum absolute atomic E-state index is 0. The highest BCUT2D eigenvalue weighted by Crippen LogP contribution is 2.26. The summed E-state index contributed by atoms with van der Waals surface area (Å²) in [7, 11) is 0. The second kappa shape index (κ2) is 6.80. The van der Waals surface area contributed by atoms with Crippen LogP contribution in [0.4, 0.5) is 14.6 Å². The molecule has 5 nitrogen and oxygen atoms in total. The van der Waals surface area contributed by atoms with E-state index in [0.29, 0.717) is 0 Å². The molecule has 3 rings (SSSR count). The van der Waals surface area contributed by atoms with Gasteiger partial charge >= 0.3 is 0 Å². The number of rotatable bonds is 3. The molecular formula is C14H9Cl2F2N4O. The molecule has 9 heteroatoms. The predicted molar refractivity (Wildman–Crippen MR) is 83.3 cm³/mol. The van der Waals surface area contributed by atoms with Crippen molar-refractivity contribution in [3.05, 3.63) is 59.4 Å². The Morgan fingerprint density at radius 2 is 2.00 bits per heavy atom. The number of hydrogen-bond acceptors (Lipinski definition) is 4. The number of pyridine rings is 1. The molecule has 0 aliphatic heterocycles. The summed E-state index contributed by atoms with van der Waals surface area (Å²) < 4.78 is 34.1. The molecule has 1 aromatic carbocycles. The van der Waals surface area contributed by atoms with Gasteiger partial charge in [0, 0.05) is 24.5 Å². The molecular weight excluding hydrogens is 349 g/mol. The Balaban J connectivity index is 0.00000192. The fourth-order valence-corrected chi connectivity index (χ4v) is 1.89. The molecule has 23 heavy (non-hydrogen) atoms. The SMILES string of the molecule is Cl.Nc1[c]cn(-c2ccc(Oc3ncc(Cl)cc3F)cc2F)n1. The summed E-state index contributed by atoms with van der Waals surface area (Å²) in [6.07, 6.45) is 2.63. The number of anilines is 1. The number of benzene rings is 1. The minimum Gasteiger partial charge on any atom is -0.436 e. The first-order valence-corrected chi connectivity index (χ1v) is 6.42. The van der Waals surface area contributed by atoms with Crippen molar-refractivity contribution in [1.29, 1.82) is 0 Å². The van der Waals surface area contributed by atoms with E-state index in [4.69, 9.17) is 22.1 Å². The number of halogens is 4. The van der Waals surface area contributed by atoms with Gasteiger partial charge in [0.25, 0.3) is 5.88 Å². The Morgan fingerprint density at radius 3 is 2.61 bits per heavy atom. The van der Waals surface area contributed by atoms with Gasteiger partial charge in [-0.3, -0.25) is 0 Å². The van der Waals surface area contributed by atoms with E-state index >= 15 is 0 Å². The molecule has 0 unspecified atom stereocenters. The van der Waals surface area contributed by atoms with Crippen molar-refractivity contribution in [1.82, 2.24) is 14.8 Å². The first-order valence-electron chi connectivity index (χ1n) is 6.04. The molecule has 0 aliphatic rings. The molecule has 0 bridgehead atoms. The topological polar surface area (TPSA) is 66.0 Å². The molecule has 0 saturated carbocycles. The largest absolute Gasteiger partial charge is 0.436 e. The first kappa shape index (κ1) is 17.0. The second-order valence-corrected chi connectivity index (χ2v) is 4.70. The van der Waals surface area contributed by atoms with E-state index in [0.717, 1.165) is 12.1 Å². The van der Waals surface area contributed by atoms with Crippen LogP contribution in [0.15, 0.2) is 36.7 Å². The van der Waals surface area contributed by atoms with Crippen LogP contribution in [0.25, 0.3) is 5.69 Å². The summed E-state index contributed by atoms with van der Waals surface area (Å²) in [5.41, 5.74) is 5.59. The third-order valence-corrected chi connectivity index (χ3v) is 2.91. The Kier molecular flexibility index (Phi) is 5.02. The lowest BCUT2D eigenvalue weighted by molar-refractivity contribution is 0.419. The number of nitrogen functional groups attached to an aromatic ring is 1. The summed E-state index contributed by atoms with van der Waals surface area (Å²) in [6, 6.07) is 7.63. The summed E-state index contributed by atoms with van der Waals surface area (Å²) in [6.45, 7) is 0. The number of nitrogens with zero attached hydrogens (tertiary/aromatic N) is 3. The highest BCUT2D eigenvalue weighted by molar-refractivity contribution is 6.30. The standard InChI is InChI=1S/C14H8ClF2N4O.ClH/c15-8-5-11(17)14(19-7-8)22-9-1-2-12(10(16)6-9)21-4-3-13(18)20-21;/h1-2,4-7H,(H2,18,20);1H. The van der Waals surface area contributed by atoms with Crippen molar-refractivity contribution in [2.24, 2.45) is 0 Å². The van der Waals surface area contributed by atoms with Gasteiger partial charge in [0.05, 0.1) is 5.02 Å². The van der Waals surface area contributed by atoms with E-state index in [1.165, 1.54) is 29.2 Å². The predicted octanol–water partition coefficient (Wildman–Crippen LogP) is 3.80. The molecule has 2 aromatic heterocycles. The maximum atomic E-state index is 14.1.